The zero-order valence-electron chi connectivity index (χ0n) is 15.1. The summed E-state index contributed by atoms with van der Waals surface area (Å²) in [6, 6.07) is 14.4. The molecule has 2 aromatic rings. The Morgan fingerprint density at radius 2 is 1.65 bits per heavy atom. The van der Waals surface area contributed by atoms with Crippen LogP contribution in [0.1, 0.15) is 13.8 Å². The van der Waals surface area contributed by atoms with Crippen molar-refractivity contribution in [2.75, 3.05) is 30.1 Å². The number of methoxy groups -OCH3 is 1. The molecular formula is C20H22N2O4. The van der Waals surface area contributed by atoms with Gasteiger partial charge in [0, 0.05) is 13.5 Å². The van der Waals surface area contributed by atoms with Crippen molar-refractivity contribution in [1.29, 1.82) is 0 Å². The summed E-state index contributed by atoms with van der Waals surface area (Å²) < 4.78 is 10.7. The molecule has 2 aromatic carbocycles. The van der Waals surface area contributed by atoms with Crippen molar-refractivity contribution >= 4 is 23.2 Å². The molecule has 0 unspecified atom stereocenters. The first-order valence-corrected chi connectivity index (χ1v) is 8.47. The highest BCUT2D eigenvalue weighted by molar-refractivity contribution is 6.04. The molecule has 2 amide bonds. The van der Waals surface area contributed by atoms with E-state index in [2.05, 4.69) is 0 Å². The molecular weight excluding hydrogens is 332 g/mol. The Hall–Kier alpha value is -3.02. The number of rotatable bonds is 4. The van der Waals surface area contributed by atoms with Crippen molar-refractivity contribution in [2.45, 2.75) is 19.9 Å². The molecule has 1 aliphatic rings. The second-order valence-corrected chi connectivity index (χ2v) is 6.20. The van der Waals surface area contributed by atoms with Gasteiger partial charge in [0.05, 0.1) is 24.5 Å². The highest BCUT2D eigenvalue weighted by Gasteiger charge is 2.33. The second kappa shape index (κ2) is 7.47. The molecule has 1 heterocycles. The molecule has 0 N–H and O–H groups in total. The van der Waals surface area contributed by atoms with Gasteiger partial charge in [0.15, 0.2) is 6.61 Å². The van der Waals surface area contributed by atoms with E-state index in [0.29, 0.717) is 12.3 Å². The van der Waals surface area contributed by atoms with Crippen molar-refractivity contribution in [3.8, 4) is 11.5 Å². The van der Waals surface area contributed by atoms with Crippen molar-refractivity contribution < 1.29 is 19.1 Å². The number of para-hydroxylation sites is 2. The van der Waals surface area contributed by atoms with Gasteiger partial charge in [-0.1, -0.05) is 12.1 Å². The summed E-state index contributed by atoms with van der Waals surface area (Å²) in [6.45, 7) is 3.83. The molecule has 6 heteroatoms. The Labute approximate surface area is 152 Å². The van der Waals surface area contributed by atoms with Gasteiger partial charge in [-0.15, -0.1) is 0 Å². The molecule has 1 atom stereocenters. The molecule has 136 valence electrons. The molecule has 1 aliphatic heterocycles. The van der Waals surface area contributed by atoms with E-state index in [0.717, 1.165) is 17.1 Å². The second-order valence-electron chi connectivity index (χ2n) is 6.20. The smallest absolute Gasteiger partial charge is 0.265 e. The first kappa shape index (κ1) is 17.8. The van der Waals surface area contributed by atoms with Gasteiger partial charge in [0.25, 0.3) is 5.91 Å². The molecule has 0 spiro atoms. The van der Waals surface area contributed by atoms with E-state index in [1.807, 2.05) is 31.2 Å². The van der Waals surface area contributed by atoms with E-state index >= 15 is 0 Å². The lowest BCUT2D eigenvalue weighted by molar-refractivity contribution is -0.121. The van der Waals surface area contributed by atoms with E-state index in [9.17, 15) is 9.59 Å². The summed E-state index contributed by atoms with van der Waals surface area (Å²) in [7, 11) is 1.60. The Balaban J connectivity index is 1.76. The number of hydrogen-bond acceptors (Lipinski definition) is 4. The minimum Gasteiger partial charge on any atom is -0.497 e. The highest BCUT2D eigenvalue weighted by atomic mass is 16.5. The number of ether oxygens (including phenoxy) is 2. The Morgan fingerprint density at radius 1 is 1.04 bits per heavy atom. The lowest BCUT2D eigenvalue weighted by Gasteiger charge is -2.40. The summed E-state index contributed by atoms with van der Waals surface area (Å²) in [5.41, 5.74) is 1.47. The number of carbonyl (C=O) groups is 2. The summed E-state index contributed by atoms with van der Waals surface area (Å²) in [5, 5.41) is 0. The number of carbonyl (C=O) groups excluding carboxylic acids is 2. The zero-order chi connectivity index (χ0) is 18.7. The standard InChI is InChI=1S/C20H22N2O4/c1-14-12-21(18-6-4-5-7-19(18)22(14)15(2)23)20(24)13-26-17-10-8-16(25-3)9-11-17/h4-11,14H,12-13H2,1-3H3/t14-/m0/s1. The van der Waals surface area contributed by atoms with Crippen LogP contribution in [0.4, 0.5) is 11.4 Å². The first-order chi connectivity index (χ1) is 12.5. The maximum absolute atomic E-state index is 12.8. The van der Waals surface area contributed by atoms with Gasteiger partial charge < -0.3 is 19.3 Å². The predicted molar refractivity (Wildman–Crippen MR) is 99.9 cm³/mol. The van der Waals surface area contributed by atoms with Crippen LogP contribution in [-0.2, 0) is 9.59 Å². The van der Waals surface area contributed by atoms with Crippen molar-refractivity contribution in [1.82, 2.24) is 0 Å². The maximum Gasteiger partial charge on any atom is 0.265 e. The molecule has 26 heavy (non-hydrogen) atoms. The van der Waals surface area contributed by atoms with Crippen molar-refractivity contribution in [3.05, 3.63) is 48.5 Å². The van der Waals surface area contributed by atoms with Gasteiger partial charge in [0.1, 0.15) is 11.5 Å². The Bertz CT molecular complexity index is 804. The van der Waals surface area contributed by atoms with Gasteiger partial charge in [-0.05, 0) is 43.3 Å². The van der Waals surface area contributed by atoms with Crippen molar-refractivity contribution in [3.63, 3.8) is 0 Å². The quantitative estimate of drug-likeness (QED) is 0.847. The van der Waals surface area contributed by atoms with Crippen LogP contribution in [0.15, 0.2) is 48.5 Å². The van der Waals surface area contributed by atoms with Crippen LogP contribution in [0.3, 0.4) is 0 Å². The van der Waals surface area contributed by atoms with Crippen LogP contribution >= 0.6 is 0 Å². The molecule has 0 radical (unpaired) electrons. The number of nitrogens with zero attached hydrogens (tertiary/aromatic N) is 2. The summed E-state index contributed by atoms with van der Waals surface area (Å²) >= 11 is 0. The van der Waals surface area contributed by atoms with Gasteiger partial charge >= 0.3 is 0 Å². The highest BCUT2D eigenvalue weighted by Crippen LogP contribution is 2.35. The van der Waals surface area contributed by atoms with E-state index in [1.165, 1.54) is 6.92 Å². The zero-order valence-corrected chi connectivity index (χ0v) is 15.1. The number of fused-ring (bicyclic) bond motifs is 1. The Kier molecular flexibility index (Phi) is 5.11. The van der Waals surface area contributed by atoms with Gasteiger partial charge in [-0.2, -0.15) is 0 Å². The molecule has 3 rings (SSSR count). The van der Waals surface area contributed by atoms with Gasteiger partial charge in [-0.25, -0.2) is 0 Å². The predicted octanol–water partition coefficient (Wildman–Crippen LogP) is 2.86. The van der Waals surface area contributed by atoms with Crippen molar-refractivity contribution in [2.24, 2.45) is 0 Å². The number of benzene rings is 2. The molecule has 0 saturated carbocycles. The van der Waals surface area contributed by atoms with E-state index in [4.69, 9.17) is 9.47 Å². The average molecular weight is 354 g/mol. The molecule has 0 aliphatic carbocycles. The lowest BCUT2D eigenvalue weighted by Crippen LogP contribution is -2.52. The number of anilines is 2. The van der Waals surface area contributed by atoms with E-state index in [-0.39, 0.29) is 24.5 Å². The number of hydrogen-bond donors (Lipinski definition) is 0. The monoisotopic (exact) mass is 354 g/mol. The molecule has 0 bridgehead atoms. The third-order valence-electron chi connectivity index (χ3n) is 4.38. The molecule has 6 nitrogen and oxygen atoms in total. The third kappa shape index (κ3) is 3.49. The lowest BCUT2D eigenvalue weighted by atomic mass is 10.1. The minimum atomic E-state index is -0.150. The van der Waals surface area contributed by atoms with Crippen LogP contribution in [0, 0.1) is 0 Å². The van der Waals surface area contributed by atoms with E-state index in [1.54, 1.807) is 41.2 Å². The maximum atomic E-state index is 12.8. The van der Waals surface area contributed by atoms with Gasteiger partial charge in [-0.3, -0.25) is 9.59 Å². The van der Waals surface area contributed by atoms with Gasteiger partial charge in [0.2, 0.25) is 5.91 Å². The minimum absolute atomic E-state index is 0.0356. The SMILES string of the molecule is COc1ccc(OCC(=O)N2C[C@H](C)N(C(C)=O)c3ccccc32)cc1. The van der Waals surface area contributed by atoms with Crippen LogP contribution in [0.25, 0.3) is 0 Å². The van der Waals surface area contributed by atoms with Crippen LogP contribution in [0.5, 0.6) is 11.5 Å². The largest absolute Gasteiger partial charge is 0.497 e. The fraction of sp³-hybridized carbons (Fsp3) is 0.300. The van der Waals surface area contributed by atoms with E-state index < -0.39 is 0 Å². The van der Waals surface area contributed by atoms with Crippen LogP contribution in [0.2, 0.25) is 0 Å². The summed E-state index contributed by atoms with van der Waals surface area (Å²) in [5.74, 6) is 1.14. The summed E-state index contributed by atoms with van der Waals surface area (Å²) in [6.07, 6.45) is 0. The summed E-state index contributed by atoms with van der Waals surface area (Å²) in [4.78, 5) is 28.2. The number of amides is 2. The average Bonchev–Trinajstić information content (AvgIpc) is 2.65. The topological polar surface area (TPSA) is 59.1 Å². The molecule has 0 saturated heterocycles. The van der Waals surface area contributed by atoms with Crippen LogP contribution in [-0.4, -0.2) is 38.1 Å². The molecule has 0 fully saturated rings. The fourth-order valence-corrected chi connectivity index (χ4v) is 3.19. The third-order valence-corrected chi connectivity index (χ3v) is 4.38. The Morgan fingerprint density at radius 3 is 2.27 bits per heavy atom. The van der Waals surface area contributed by atoms with Crippen LogP contribution < -0.4 is 19.3 Å². The normalized spacial score (nSPS) is 16.0. The fourth-order valence-electron chi connectivity index (χ4n) is 3.19. The first-order valence-electron chi connectivity index (χ1n) is 8.47. The molecule has 0 aromatic heterocycles.